The Morgan fingerprint density at radius 3 is 2.69 bits per heavy atom. The SMILES string of the molecule is COC(C)C(=N)c1cc(NC(=O)c2ncc(C#N)c(C)c2C)ccc1N. The number of nitrogens with zero attached hydrogens (tertiary/aromatic N) is 2. The summed E-state index contributed by atoms with van der Waals surface area (Å²) in [4.78, 5) is 16.7. The Hall–Kier alpha value is -3.24. The minimum atomic E-state index is -0.423. The minimum absolute atomic E-state index is 0.227. The molecule has 0 fully saturated rings. The fourth-order valence-corrected chi connectivity index (χ4v) is 2.44. The number of pyridine rings is 1. The van der Waals surface area contributed by atoms with Crippen molar-refractivity contribution in [3.05, 3.63) is 52.3 Å². The minimum Gasteiger partial charge on any atom is -0.398 e. The first-order valence-corrected chi connectivity index (χ1v) is 7.98. The molecule has 1 aromatic heterocycles. The molecule has 0 aliphatic carbocycles. The predicted molar refractivity (Wildman–Crippen MR) is 101 cm³/mol. The van der Waals surface area contributed by atoms with Crippen molar-refractivity contribution in [2.75, 3.05) is 18.2 Å². The Labute approximate surface area is 152 Å². The van der Waals surface area contributed by atoms with Crippen LogP contribution >= 0.6 is 0 Å². The quantitative estimate of drug-likeness (QED) is 0.564. The van der Waals surface area contributed by atoms with E-state index in [1.54, 1.807) is 39.0 Å². The number of ether oxygens (including phenoxy) is 1. The molecule has 1 heterocycles. The highest BCUT2D eigenvalue weighted by Crippen LogP contribution is 2.22. The molecule has 1 aromatic carbocycles. The van der Waals surface area contributed by atoms with Crippen LogP contribution in [-0.4, -0.2) is 29.8 Å². The van der Waals surface area contributed by atoms with E-state index in [2.05, 4.69) is 16.4 Å². The van der Waals surface area contributed by atoms with Crippen molar-refractivity contribution in [1.29, 1.82) is 10.7 Å². The summed E-state index contributed by atoms with van der Waals surface area (Å²) in [5.41, 5.74) is 9.67. The van der Waals surface area contributed by atoms with Crippen LogP contribution < -0.4 is 11.1 Å². The monoisotopic (exact) mass is 351 g/mol. The van der Waals surface area contributed by atoms with Crippen LogP contribution in [0.3, 0.4) is 0 Å². The second-order valence-electron chi connectivity index (χ2n) is 5.93. The van der Waals surface area contributed by atoms with E-state index in [4.69, 9.17) is 21.1 Å². The molecule has 7 heteroatoms. The molecule has 1 unspecified atom stereocenters. The standard InChI is InChI=1S/C19H21N5O2/c1-10-11(2)18(23-9-13(10)8-20)19(25)24-14-5-6-16(21)15(7-14)17(22)12(3)26-4/h5-7,9,12,22H,21H2,1-4H3,(H,24,25). The number of aromatic nitrogens is 1. The second kappa shape index (κ2) is 7.76. The number of carbonyl (C=O) groups excluding carboxylic acids is 1. The number of benzene rings is 1. The van der Waals surface area contributed by atoms with Gasteiger partial charge in [-0.2, -0.15) is 5.26 Å². The summed E-state index contributed by atoms with van der Waals surface area (Å²) in [6.07, 6.45) is 0.968. The molecule has 1 amide bonds. The zero-order valence-corrected chi connectivity index (χ0v) is 15.2. The fourth-order valence-electron chi connectivity index (χ4n) is 2.44. The van der Waals surface area contributed by atoms with Gasteiger partial charge in [0, 0.05) is 30.2 Å². The van der Waals surface area contributed by atoms with Gasteiger partial charge < -0.3 is 21.2 Å². The summed E-state index contributed by atoms with van der Waals surface area (Å²) >= 11 is 0. The third-order valence-corrected chi connectivity index (χ3v) is 4.34. The fraction of sp³-hybridized carbons (Fsp3) is 0.263. The maximum absolute atomic E-state index is 12.6. The molecule has 1 atom stereocenters. The van der Waals surface area contributed by atoms with Crippen LogP contribution in [0, 0.1) is 30.6 Å². The lowest BCUT2D eigenvalue weighted by Gasteiger charge is -2.15. The van der Waals surface area contributed by atoms with Crippen molar-refractivity contribution < 1.29 is 9.53 Å². The van der Waals surface area contributed by atoms with Gasteiger partial charge in [-0.05, 0) is 50.1 Å². The van der Waals surface area contributed by atoms with E-state index in [1.165, 1.54) is 13.3 Å². The molecule has 7 nitrogen and oxygen atoms in total. The number of anilines is 2. The Balaban J connectivity index is 2.32. The average molecular weight is 351 g/mol. The van der Waals surface area contributed by atoms with Gasteiger partial charge in [0.1, 0.15) is 11.8 Å². The van der Waals surface area contributed by atoms with Crippen molar-refractivity contribution in [3.8, 4) is 6.07 Å². The first kappa shape index (κ1) is 19.1. The number of carbonyl (C=O) groups is 1. The van der Waals surface area contributed by atoms with E-state index >= 15 is 0 Å². The van der Waals surface area contributed by atoms with Gasteiger partial charge in [-0.25, -0.2) is 4.98 Å². The maximum atomic E-state index is 12.6. The Morgan fingerprint density at radius 2 is 2.08 bits per heavy atom. The molecule has 4 N–H and O–H groups in total. The molecule has 0 saturated carbocycles. The van der Waals surface area contributed by atoms with Gasteiger partial charge >= 0.3 is 0 Å². The van der Waals surface area contributed by atoms with Crippen LogP contribution in [0.2, 0.25) is 0 Å². The predicted octanol–water partition coefficient (Wildman–Crippen LogP) is 2.81. The number of nitrogens with one attached hydrogen (secondary N) is 2. The number of nitrogen functional groups attached to an aromatic ring is 1. The van der Waals surface area contributed by atoms with E-state index in [0.717, 1.165) is 5.56 Å². The first-order chi connectivity index (χ1) is 12.3. The number of nitriles is 1. The zero-order valence-electron chi connectivity index (χ0n) is 15.2. The van der Waals surface area contributed by atoms with E-state index in [1.807, 2.05) is 0 Å². The molecule has 0 radical (unpaired) electrons. The van der Waals surface area contributed by atoms with E-state index in [0.29, 0.717) is 28.1 Å². The van der Waals surface area contributed by atoms with E-state index in [9.17, 15) is 4.79 Å². The first-order valence-electron chi connectivity index (χ1n) is 7.98. The highest BCUT2D eigenvalue weighted by molar-refractivity contribution is 6.08. The van der Waals surface area contributed by atoms with Crippen LogP contribution in [0.15, 0.2) is 24.4 Å². The van der Waals surface area contributed by atoms with Gasteiger partial charge in [-0.1, -0.05) is 0 Å². The summed E-state index contributed by atoms with van der Waals surface area (Å²) < 4.78 is 5.16. The van der Waals surface area contributed by atoms with Crippen LogP contribution in [0.25, 0.3) is 0 Å². The van der Waals surface area contributed by atoms with Gasteiger partial charge in [-0.15, -0.1) is 0 Å². The molecule has 2 rings (SSSR count). The van der Waals surface area contributed by atoms with Crippen LogP contribution in [0.5, 0.6) is 0 Å². The Bertz CT molecular complexity index is 915. The summed E-state index contributed by atoms with van der Waals surface area (Å²) in [6, 6.07) is 6.98. The number of nitrogens with two attached hydrogens (primary N) is 1. The van der Waals surface area contributed by atoms with E-state index < -0.39 is 12.0 Å². The third-order valence-electron chi connectivity index (χ3n) is 4.34. The normalized spacial score (nSPS) is 11.5. The van der Waals surface area contributed by atoms with E-state index in [-0.39, 0.29) is 11.4 Å². The van der Waals surface area contributed by atoms with Gasteiger partial charge in [0.2, 0.25) is 0 Å². The lowest BCUT2D eigenvalue weighted by Crippen LogP contribution is -2.21. The molecule has 0 spiro atoms. The van der Waals surface area contributed by atoms with Crippen molar-refractivity contribution in [2.24, 2.45) is 0 Å². The Morgan fingerprint density at radius 1 is 1.38 bits per heavy atom. The number of rotatable bonds is 5. The third kappa shape index (κ3) is 3.71. The van der Waals surface area contributed by atoms with Crippen molar-refractivity contribution in [2.45, 2.75) is 26.9 Å². The summed E-state index contributed by atoms with van der Waals surface area (Å²) in [5.74, 6) is -0.392. The topological polar surface area (TPSA) is 125 Å². The molecule has 134 valence electrons. The summed E-state index contributed by atoms with van der Waals surface area (Å²) in [6.45, 7) is 5.28. The van der Waals surface area contributed by atoms with Crippen LogP contribution in [-0.2, 0) is 4.74 Å². The number of hydrogen-bond acceptors (Lipinski definition) is 6. The van der Waals surface area contributed by atoms with Gasteiger partial charge in [0.05, 0.1) is 17.4 Å². The summed E-state index contributed by atoms with van der Waals surface area (Å²) in [7, 11) is 1.52. The average Bonchev–Trinajstić information content (AvgIpc) is 2.64. The summed E-state index contributed by atoms with van der Waals surface area (Å²) in [5, 5.41) is 20.0. The van der Waals surface area contributed by atoms with Gasteiger partial charge in [0.15, 0.2) is 0 Å². The van der Waals surface area contributed by atoms with Crippen molar-refractivity contribution >= 4 is 23.0 Å². The lowest BCUT2D eigenvalue weighted by atomic mass is 10.0. The van der Waals surface area contributed by atoms with Gasteiger partial charge in [-0.3, -0.25) is 4.79 Å². The van der Waals surface area contributed by atoms with Crippen LogP contribution in [0.1, 0.15) is 39.7 Å². The van der Waals surface area contributed by atoms with Gasteiger partial charge in [0.25, 0.3) is 5.91 Å². The molecular weight excluding hydrogens is 330 g/mol. The highest BCUT2D eigenvalue weighted by atomic mass is 16.5. The molecule has 2 aromatic rings. The smallest absolute Gasteiger partial charge is 0.274 e. The number of hydrogen-bond donors (Lipinski definition) is 3. The number of methoxy groups -OCH3 is 1. The molecule has 0 aliphatic heterocycles. The highest BCUT2D eigenvalue weighted by Gasteiger charge is 2.17. The maximum Gasteiger partial charge on any atom is 0.274 e. The largest absolute Gasteiger partial charge is 0.398 e. The van der Waals surface area contributed by atoms with Crippen molar-refractivity contribution in [1.82, 2.24) is 4.98 Å². The van der Waals surface area contributed by atoms with Crippen molar-refractivity contribution in [3.63, 3.8) is 0 Å². The molecule has 26 heavy (non-hydrogen) atoms. The number of amides is 1. The molecule has 0 saturated heterocycles. The lowest BCUT2D eigenvalue weighted by molar-refractivity contribution is 0.102. The molecule has 0 aliphatic rings. The van der Waals surface area contributed by atoms with Crippen LogP contribution in [0.4, 0.5) is 11.4 Å². The molecular formula is C19H21N5O2. The Kier molecular flexibility index (Phi) is 5.70. The molecule has 0 bridgehead atoms. The second-order valence-corrected chi connectivity index (χ2v) is 5.93. The zero-order chi connectivity index (χ0) is 19.4.